The largest absolute Gasteiger partial charge is 0.452 e. The summed E-state index contributed by atoms with van der Waals surface area (Å²) in [5.41, 5.74) is 1.59. The molecule has 1 aliphatic heterocycles. The lowest BCUT2D eigenvalue weighted by atomic mass is 10.1. The van der Waals surface area contributed by atoms with E-state index in [-0.39, 0.29) is 35.0 Å². The Morgan fingerprint density at radius 2 is 1.71 bits per heavy atom. The van der Waals surface area contributed by atoms with Crippen LogP contribution in [0.25, 0.3) is 0 Å². The molecule has 0 radical (unpaired) electrons. The Bertz CT molecular complexity index is 985. The summed E-state index contributed by atoms with van der Waals surface area (Å²) >= 11 is 0. The fraction of sp³-hybridized carbons (Fsp3) is 0.333. The van der Waals surface area contributed by atoms with Crippen LogP contribution in [0.1, 0.15) is 56.9 Å². The summed E-state index contributed by atoms with van der Waals surface area (Å²) in [6, 6.07) is 13.8. The van der Waals surface area contributed by atoms with Crippen molar-refractivity contribution < 1.29 is 23.9 Å². The first kappa shape index (κ1) is 22.2. The average molecular weight is 422 g/mol. The Labute approximate surface area is 181 Å². The third kappa shape index (κ3) is 5.57. The van der Waals surface area contributed by atoms with Crippen molar-refractivity contribution in [2.75, 3.05) is 19.7 Å². The van der Waals surface area contributed by atoms with E-state index in [1.54, 1.807) is 0 Å². The Morgan fingerprint density at radius 1 is 1.00 bits per heavy atom. The maximum Gasteiger partial charge on any atom is 0.338 e. The van der Waals surface area contributed by atoms with Crippen LogP contribution in [0.5, 0.6) is 0 Å². The standard InChI is InChI=1S/C24H26N2O5/c1-16(2)10-12-25-21(27)15-31-24(30)18-8-9-19-20(14-18)23(29)26(22(19)28)13-11-17-6-4-3-5-7-17/h3-9,14,16H,10-13,15H2,1-2H3,(H,25,27). The van der Waals surface area contributed by atoms with Crippen molar-refractivity contribution >= 4 is 23.7 Å². The molecule has 0 spiro atoms. The van der Waals surface area contributed by atoms with E-state index in [0.717, 1.165) is 12.0 Å². The zero-order valence-corrected chi connectivity index (χ0v) is 17.7. The zero-order chi connectivity index (χ0) is 22.4. The molecule has 3 amide bonds. The summed E-state index contributed by atoms with van der Waals surface area (Å²) in [5, 5.41) is 2.69. The van der Waals surface area contributed by atoms with E-state index in [1.165, 1.54) is 23.1 Å². The van der Waals surface area contributed by atoms with E-state index >= 15 is 0 Å². The third-order valence-corrected chi connectivity index (χ3v) is 5.05. The van der Waals surface area contributed by atoms with Crippen LogP contribution in [0.3, 0.4) is 0 Å². The van der Waals surface area contributed by atoms with Gasteiger partial charge in [-0.15, -0.1) is 0 Å². The maximum atomic E-state index is 12.7. The summed E-state index contributed by atoms with van der Waals surface area (Å²) < 4.78 is 5.04. The normalized spacial score (nSPS) is 12.8. The molecule has 3 rings (SSSR count). The molecule has 0 saturated heterocycles. The van der Waals surface area contributed by atoms with E-state index in [2.05, 4.69) is 19.2 Å². The molecule has 2 aromatic rings. The van der Waals surface area contributed by atoms with Gasteiger partial charge in [-0.3, -0.25) is 19.3 Å². The number of nitrogens with zero attached hydrogens (tertiary/aromatic N) is 1. The van der Waals surface area contributed by atoms with Gasteiger partial charge in [-0.1, -0.05) is 44.2 Å². The topological polar surface area (TPSA) is 92.8 Å². The highest BCUT2D eigenvalue weighted by atomic mass is 16.5. The van der Waals surface area contributed by atoms with Crippen molar-refractivity contribution in [2.24, 2.45) is 5.92 Å². The summed E-state index contributed by atoms with van der Waals surface area (Å²) in [4.78, 5) is 50.6. The van der Waals surface area contributed by atoms with E-state index < -0.39 is 18.5 Å². The average Bonchev–Trinajstić information content (AvgIpc) is 3.00. The summed E-state index contributed by atoms with van der Waals surface area (Å²) in [6.07, 6.45) is 1.38. The molecule has 0 fully saturated rings. The maximum absolute atomic E-state index is 12.7. The van der Waals surface area contributed by atoms with Crippen LogP contribution in [0.15, 0.2) is 48.5 Å². The number of imide groups is 1. The van der Waals surface area contributed by atoms with Gasteiger partial charge in [-0.25, -0.2) is 4.79 Å². The van der Waals surface area contributed by atoms with Crippen molar-refractivity contribution in [3.63, 3.8) is 0 Å². The highest BCUT2D eigenvalue weighted by Gasteiger charge is 2.35. The number of hydrogen-bond acceptors (Lipinski definition) is 5. The van der Waals surface area contributed by atoms with Gasteiger partial charge in [-0.2, -0.15) is 0 Å². The highest BCUT2D eigenvalue weighted by molar-refractivity contribution is 6.22. The Kier molecular flexibility index (Phi) is 7.18. The number of carbonyl (C=O) groups excluding carboxylic acids is 4. The van der Waals surface area contributed by atoms with E-state index in [4.69, 9.17) is 4.74 Å². The van der Waals surface area contributed by atoms with E-state index in [9.17, 15) is 19.2 Å². The summed E-state index contributed by atoms with van der Waals surface area (Å²) in [7, 11) is 0. The first-order valence-corrected chi connectivity index (χ1v) is 10.3. The third-order valence-electron chi connectivity index (χ3n) is 5.05. The van der Waals surface area contributed by atoms with Gasteiger partial charge in [0.25, 0.3) is 17.7 Å². The molecule has 31 heavy (non-hydrogen) atoms. The second kappa shape index (κ2) is 10.0. The van der Waals surface area contributed by atoms with Crippen LogP contribution < -0.4 is 5.32 Å². The molecule has 1 N–H and O–H groups in total. The molecule has 0 unspecified atom stereocenters. The molecule has 0 aliphatic carbocycles. The predicted molar refractivity (Wildman–Crippen MR) is 115 cm³/mol. The van der Waals surface area contributed by atoms with Gasteiger partial charge in [0.1, 0.15) is 0 Å². The van der Waals surface area contributed by atoms with Crippen molar-refractivity contribution in [2.45, 2.75) is 26.7 Å². The van der Waals surface area contributed by atoms with Gasteiger partial charge < -0.3 is 10.1 Å². The van der Waals surface area contributed by atoms with Crippen LogP contribution in [-0.4, -0.2) is 48.3 Å². The fourth-order valence-corrected chi connectivity index (χ4v) is 3.27. The van der Waals surface area contributed by atoms with Gasteiger partial charge in [0, 0.05) is 13.1 Å². The van der Waals surface area contributed by atoms with Gasteiger partial charge in [-0.05, 0) is 42.5 Å². The minimum Gasteiger partial charge on any atom is -0.452 e. The molecule has 162 valence electrons. The number of amides is 3. The molecule has 0 bridgehead atoms. The molecule has 2 aromatic carbocycles. The smallest absolute Gasteiger partial charge is 0.338 e. The van der Waals surface area contributed by atoms with Crippen LogP contribution >= 0.6 is 0 Å². The summed E-state index contributed by atoms with van der Waals surface area (Å²) in [5.74, 6) is -1.45. The highest BCUT2D eigenvalue weighted by Crippen LogP contribution is 2.24. The predicted octanol–water partition coefficient (Wildman–Crippen LogP) is 2.84. The van der Waals surface area contributed by atoms with Crippen molar-refractivity contribution in [3.8, 4) is 0 Å². The number of carbonyl (C=O) groups is 4. The van der Waals surface area contributed by atoms with Gasteiger partial charge in [0.05, 0.1) is 16.7 Å². The minimum atomic E-state index is -0.718. The lowest BCUT2D eigenvalue weighted by molar-refractivity contribution is -0.124. The number of nitrogens with one attached hydrogen (secondary N) is 1. The SMILES string of the molecule is CC(C)CCNC(=O)COC(=O)c1ccc2c(c1)C(=O)N(CCc1ccccc1)C2=O. The molecule has 7 nitrogen and oxygen atoms in total. The first-order valence-electron chi connectivity index (χ1n) is 10.3. The van der Waals surface area contributed by atoms with Gasteiger partial charge in [0.15, 0.2) is 6.61 Å². The lowest BCUT2D eigenvalue weighted by Crippen LogP contribution is -2.31. The first-order chi connectivity index (χ1) is 14.9. The monoisotopic (exact) mass is 422 g/mol. The molecule has 0 aromatic heterocycles. The van der Waals surface area contributed by atoms with E-state index in [0.29, 0.717) is 18.9 Å². The zero-order valence-electron chi connectivity index (χ0n) is 17.7. The Hall–Kier alpha value is -3.48. The molecule has 0 atom stereocenters. The van der Waals surface area contributed by atoms with Crippen molar-refractivity contribution in [1.82, 2.24) is 10.2 Å². The second-order valence-electron chi connectivity index (χ2n) is 7.87. The number of esters is 1. The lowest BCUT2D eigenvalue weighted by Gasteiger charge is -2.13. The summed E-state index contributed by atoms with van der Waals surface area (Å²) in [6.45, 7) is 4.48. The van der Waals surface area contributed by atoms with Crippen molar-refractivity contribution in [3.05, 3.63) is 70.8 Å². The number of fused-ring (bicyclic) bond motifs is 1. The molecule has 7 heteroatoms. The van der Waals surface area contributed by atoms with Gasteiger partial charge >= 0.3 is 5.97 Å². The molecular weight excluding hydrogens is 396 g/mol. The molecular formula is C24H26N2O5. The van der Waals surface area contributed by atoms with Crippen LogP contribution in [0.2, 0.25) is 0 Å². The molecule has 0 saturated carbocycles. The Balaban J connectivity index is 1.59. The molecule has 1 heterocycles. The minimum absolute atomic E-state index is 0.125. The van der Waals surface area contributed by atoms with Crippen molar-refractivity contribution in [1.29, 1.82) is 0 Å². The number of rotatable bonds is 9. The number of ether oxygens (including phenoxy) is 1. The van der Waals surface area contributed by atoms with E-state index in [1.807, 2.05) is 30.3 Å². The fourth-order valence-electron chi connectivity index (χ4n) is 3.27. The number of benzene rings is 2. The second-order valence-corrected chi connectivity index (χ2v) is 7.87. The van der Waals surface area contributed by atoms with Crippen LogP contribution in [0.4, 0.5) is 0 Å². The Morgan fingerprint density at radius 3 is 2.42 bits per heavy atom. The quantitative estimate of drug-likeness (QED) is 0.496. The number of hydrogen-bond donors (Lipinski definition) is 1. The van der Waals surface area contributed by atoms with Gasteiger partial charge in [0.2, 0.25) is 0 Å². The van der Waals surface area contributed by atoms with Crippen LogP contribution in [0, 0.1) is 5.92 Å². The molecule has 1 aliphatic rings. The van der Waals surface area contributed by atoms with Crippen LogP contribution in [-0.2, 0) is 16.0 Å².